The number of nitrogens with zero attached hydrogens (tertiary/aromatic N) is 1. The Balaban J connectivity index is 2.14. The Morgan fingerprint density at radius 2 is 2.40 bits per heavy atom. The molecule has 15 heavy (non-hydrogen) atoms. The van der Waals surface area contributed by atoms with E-state index in [0.29, 0.717) is 12.0 Å². The predicted molar refractivity (Wildman–Crippen MR) is 59.7 cm³/mol. The minimum absolute atomic E-state index is 0.376. The lowest BCUT2D eigenvalue weighted by Crippen LogP contribution is -2.25. The van der Waals surface area contributed by atoms with Crippen LogP contribution in [-0.2, 0) is 4.74 Å². The van der Waals surface area contributed by atoms with Crippen LogP contribution < -0.4 is 5.32 Å². The molecule has 2 rings (SSSR count). The monoisotopic (exact) mass is 206 g/mol. The summed E-state index contributed by atoms with van der Waals surface area (Å²) >= 11 is 0. The third kappa shape index (κ3) is 2.36. The van der Waals surface area contributed by atoms with E-state index >= 15 is 0 Å². The van der Waals surface area contributed by atoms with Crippen LogP contribution in [0.2, 0.25) is 0 Å². The fourth-order valence-corrected chi connectivity index (χ4v) is 2.15. The van der Waals surface area contributed by atoms with Gasteiger partial charge in [-0.15, -0.1) is 0 Å². The Labute approximate surface area is 90.9 Å². The largest absolute Gasteiger partial charge is 0.381 e. The van der Waals surface area contributed by atoms with Gasteiger partial charge in [-0.2, -0.15) is 0 Å². The zero-order chi connectivity index (χ0) is 10.7. The van der Waals surface area contributed by atoms with Crippen LogP contribution in [0.25, 0.3) is 0 Å². The molecule has 2 atom stereocenters. The van der Waals surface area contributed by atoms with E-state index in [4.69, 9.17) is 4.74 Å². The summed E-state index contributed by atoms with van der Waals surface area (Å²) in [7, 11) is 2.00. The molecule has 1 fully saturated rings. The Morgan fingerprint density at radius 3 is 2.93 bits per heavy atom. The molecular formula is C12H18N2O. The van der Waals surface area contributed by atoms with Gasteiger partial charge >= 0.3 is 0 Å². The number of nitrogens with one attached hydrogen (secondary N) is 1. The van der Waals surface area contributed by atoms with Gasteiger partial charge in [0.05, 0.1) is 6.61 Å². The molecule has 2 unspecified atom stereocenters. The molecule has 1 aromatic rings. The molecule has 1 saturated heterocycles. The van der Waals surface area contributed by atoms with E-state index < -0.39 is 0 Å². The molecular weight excluding hydrogens is 188 g/mol. The molecule has 0 aromatic carbocycles. The third-order valence-corrected chi connectivity index (χ3v) is 3.04. The Kier molecular flexibility index (Phi) is 3.34. The summed E-state index contributed by atoms with van der Waals surface area (Å²) in [6.07, 6.45) is 3.11. The highest BCUT2D eigenvalue weighted by molar-refractivity contribution is 5.18. The van der Waals surface area contributed by atoms with Gasteiger partial charge in [-0.05, 0) is 32.0 Å². The molecule has 0 radical (unpaired) electrons. The van der Waals surface area contributed by atoms with Crippen molar-refractivity contribution >= 4 is 0 Å². The van der Waals surface area contributed by atoms with Crippen LogP contribution in [-0.4, -0.2) is 25.2 Å². The molecule has 82 valence electrons. The van der Waals surface area contributed by atoms with E-state index in [1.807, 2.05) is 20.2 Å². The smallest absolute Gasteiger partial charge is 0.0513 e. The number of hydrogen-bond acceptors (Lipinski definition) is 3. The number of ether oxygens (including phenoxy) is 1. The average molecular weight is 206 g/mol. The van der Waals surface area contributed by atoms with Gasteiger partial charge < -0.3 is 10.1 Å². The summed E-state index contributed by atoms with van der Waals surface area (Å²) in [5, 5.41) is 3.36. The van der Waals surface area contributed by atoms with Gasteiger partial charge in [0.25, 0.3) is 0 Å². The van der Waals surface area contributed by atoms with Crippen molar-refractivity contribution < 1.29 is 4.74 Å². The van der Waals surface area contributed by atoms with Gasteiger partial charge in [-0.25, -0.2) is 0 Å². The number of rotatable bonds is 3. The zero-order valence-corrected chi connectivity index (χ0v) is 9.36. The lowest BCUT2D eigenvalue weighted by atomic mass is 9.93. The van der Waals surface area contributed by atoms with E-state index in [2.05, 4.69) is 22.4 Å². The SMILES string of the molecule is CNC(c1ccc(C)nc1)C1CCOC1. The van der Waals surface area contributed by atoms with Crippen LogP contribution in [0.5, 0.6) is 0 Å². The maximum atomic E-state index is 5.42. The van der Waals surface area contributed by atoms with Crippen molar-refractivity contribution in [2.24, 2.45) is 5.92 Å². The third-order valence-electron chi connectivity index (χ3n) is 3.04. The van der Waals surface area contributed by atoms with Crippen LogP contribution in [0, 0.1) is 12.8 Å². The summed E-state index contributed by atoms with van der Waals surface area (Å²) < 4.78 is 5.42. The molecule has 1 aliphatic rings. The molecule has 1 N–H and O–H groups in total. The standard InChI is InChI=1S/C12H18N2O/c1-9-3-4-10(7-14-9)12(13-2)11-5-6-15-8-11/h3-4,7,11-13H,5-6,8H2,1-2H3. The van der Waals surface area contributed by atoms with E-state index in [9.17, 15) is 0 Å². The normalized spacial score (nSPS) is 22.9. The lowest BCUT2D eigenvalue weighted by Gasteiger charge is -2.21. The van der Waals surface area contributed by atoms with E-state index in [1.54, 1.807) is 0 Å². The molecule has 3 nitrogen and oxygen atoms in total. The van der Waals surface area contributed by atoms with Crippen molar-refractivity contribution in [1.82, 2.24) is 10.3 Å². The topological polar surface area (TPSA) is 34.2 Å². The predicted octanol–water partition coefficient (Wildman–Crippen LogP) is 1.69. The van der Waals surface area contributed by atoms with Crippen LogP contribution in [0.4, 0.5) is 0 Å². The van der Waals surface area contributed by atoms with Crippen molar-refractivity contribution in [1.29, 1.82) is 0 Å². The molecule has 1 aliphatic heterocycles. The Hall–Kier alpha value is -0.930. The van der Waals surface area contributed by atoms with Crippen molar-refractivity contribution in [3.63, 3.8) is 0 Å². The number of aromatic nitrogens is 1. The summed E-state index contributed by atoms with van der Waals surface area (Å²) in [6, 6.07) is 4.60. The minimum atomic E-state index is 0.376. The second-order valence-electron chi connectivity index (χ2n) is 4.12. The fourth-order valence-electron chi connectivity index (χ4n) is 2.15. The first-order valence-electron chi connectivity index (χ1n) is 5.49. The van der Waals surface area contributed by atoms with Gasteiger partial charge in [0.1, 0.15) is 0 Å². The quantitative estimate of drug-likeness (QED) is 0.817. The molecule has 1 aromatic heterocycles. The Morgan fingerprint density at radius 1 is 1.53 bits per heavy atom. The maximum Gasteiger partial charge on any atom is 0.0513 e. The average Bonchev–Trinajstić information content (AvgIpc) is 2.75. The van der Waals surface area contributed by atoms with Crippen LogP contribution in [0.3, 0.4) is 0 Å². The van der Waals surface area contributed by atoms with Gasteiger partial charge in [-0.3, -0.25) is 4.98 Å². The van der Waals surface area contributed by atoms with Gasteiger partial charge in [0.2, 0.25) is 0 Å². The van der Waals surface area contributed by atoms with Crippen LogP contribution >= 0.6 is 0 Å². The summed E-state index contributed by atoms with van der Waals surface area (Å²) in [6.45, 7) is 3.76. The van der Waals surface area contributed by atoms with Crippen molar-refractivity contribution in [2.45, 2.75) is 19.4 Å². The molecule has 0 saturated carbocycles. The number of aryl methyl sites for hydroxylation is 1. The molecule has 0 aliphatic carbocycles. The minimum Gasteiger partial charge on any atom is -0.381 e. The van der Waals surface area contributed by atoms with Gasteiger partial charge in [0.15, 0.2) is 0 Å². The zero-order valence-electron chi connectivity index (χ0n) is 9.36. The molecule has 0 amide bonds. The van der Waals surface area contributed by atoms with E-state index in [0.717, 1.165) is 25.3 Å². The van der Waals surface area contributed by atoms with Crippen LogP contribution in [0.1, 0.15) is 23.7 Å². The maximum absolute atomic E-state index is 5.42. The number of pyridine rings is 1. The lowest BCUT2D eigenvalue weighted by molar-refractivity contribution is 0.177. The van der Waals surface area contributed by atoms with Crippen molar-refractivity contribution in [3.05, 3.63) is 29.6 Å². The van der Waals surface area contributed by atoms with Gasteiger partial charge in [0, 0.05) is 30.5 Å². The van der Waals surface area contributed by atoms with E-state index in [1.165, 1.54) is 5.56 Å². The first-order chi connectivity index (χ1) is 7.31. The summed E-state index contributed by atoms with van der Waals surface area (Å²) in [5.41, 5.74) is 2.33. The molecule has 0 spiro atoms. The molecule has 2 heterocycles. The highest BCUT2D eigenvalue weighted by atomic mass is 16.5. The fraction of sp³-hybridized carbons (Fsp3) is 0.583. The first kappa shape index (κ1) is 10.6. The molecule has 0 bridgehead atoms. The van der Waals surface area contributed by atoms with Crippen LogP contribution in [0.15, 0.2) is 18.3 Å². The highest BCUT2D eigenvalue weighted by Crippen LogP contribution is 2.27. The second-order valence-corrected chi connectivity index (χ2v) is 4.12. The Bertz CT molecular complexity index is 304. The second kappa shape index (κ2) is 4.73. The summed E-state index contributed by atoms with van der Waals surface area (Å²) in [4.78, 5) is 4.34. The summed E-state index contributed by atoms with van der Waals surface area (Å²) in [5.74, 6) is 0.583. The highest BCUT2D eigenvalue weighted by Gasteiger charge is 2.25. The molecule has 3 heteroatoms. The van der Waals surface area contributed by atoms with E-state index in [-0.39, 0.29) is 0 Å². The van der Waals surface area contributed by atoms with Crippen molar-refractivity contribution in [3.8, 4) is 0 Å². The van der Waals surface area contributed by atoms with Gasteiger partial charge in [-0.1, -0.05) is 6.07 Å². The van der Waals surface area contributed by atoms with Crippen molar-refractivity contribution in [2.75, 3.05) is 20.3 Å². The number of hydrogen-bond donors (Lipinski definition) is 1. The first-order valence-corrected chi connectivity index (χ1v) is 5.49.